The van der Waals surface area contributed by atoms with Gasteiger partial charge in [0.05, 0.1) is 6.20 Å². The zero-order valence-electron chi connectivity index (χ0n) is 8.93. The van der Waals surface area contributed by atoms with Crippen molar-refractivity contribution >= 4 is 11.9 Å². The molecule has 86 valence electrons. The number of nitrogens with zero attached hydrogens (tertiary/aromatic N) is 2. The largest absolute Gasteiger partial charge is 0.478 e. The second kappa shape index (κ2) is 3.96. The first-order chi connectivity index (χ1) is 7.63. The Labute approximate surface area is 92.3 Å². The lowest BCUT2D eigenvalue weighted by molar-refractivity contribution is 0.0690. The Bertz CT molecular complexity index is 435. The van der Waals surface area contributed by atoms with Crippen molar-refractivity contribution in [3.05, 3.63) is 17.5 Å². The number of hydrogen-bond donors (Lipinski definition) is 2. The third-order valence-electron chi connectivity index (χ3n) is 2.50. The van der Waals surface area contributed by atoms with Crippen molar-refractivity contribution in [2.24, 2.45) is 0 Å². The molecule has 1 aliphatic carbocycles. The SMILES string of the molecule is CCn1ncc(C(=O)O)c1C(=O)NC1CC1. The van der Waals surface area contributed by atoms with Crippen LogP contribution in [-0.2, 0) is 6.54 Å². The maximum atomic E-state index is 11.8. The molecule has 6 nitrogen and oxygen atoms in total. The van der Waals surface area contributed by atoms with Crippen LogP contribution < -0.4 is 5.32 Å². The van der Waals surface area contributed by atoms with Crippen LogP contribution in [0.4, 0.5) is 0 Å². The highest BCUT2D eigenvalue weighted by molar-refractivity contribution is 6.03. The summed E-state index contributed by atoms with van der Waals surface area (Å²) in [4.78, 5) is 22.7. The highest BCUT2D eigenvalue weighted by atomic mass is 16.4. The number of rotatable bonds is 4. The van der Waals surface area contributed by atoms with E-state index in [2.05, 4.69) is 10.4 Å². The number of nitrogens with one attached hydrogen (secondary N) is 1. The molecule has 1 amide bonds. The molecule has 1 aromatic rings. The second-order valence-electron chi connectivity index (χ2n) is 3.78. The maximum Gasteiger partial charge on any atom is 0.339 e. The Morgan fingerprint density at radius 3 is 2.81 bits per heavy atom. The fraction of sp³-hybridized carbons (Fsp3) is 0.500. The highest BCUT2D eigenvalue weighted by Crippen LogP contribution is 2.20. The van der Waals surface area contributed by atoms with Crippen LogP contribution in [0, 0.1) is 0 Å². The van der Waals surface area contributed by atoms with E-state index in [1.165, 1.54) is 10.9 Å². The van der Waals surface area contributed by atoms with Crippen LogP contribution >= 0.6 is 0 Å². The molecule has 1 heterocycles. The fourth-order valence-electron chi connectivity index (χ4n) is 1.50. The molecule has 0 aliphatic heterocycles. The van der Waals surface area contributed by atoms with Crippen molar-refractivity contribution in [3.8, 4) is 0 Å². The molecule has 1 aliphatic rings. The fourth-order valence-corrected chi connectivity index (χ4v) is 1.50. The summed E-state index contributed by atoms with van der Waals surface area (Å²) in [5.41, 5.74) is 0.0990. The van der Waals surface area contributed by atoms with Gasteiger partial charge in [0.15, 0.2) is 0 Å². The van der Waals surface area contributed by atoms with Crippen molar-refractivity contribution in [3.63, 3.8) is 0 Å². The van der Waals surface area contributed by atoms with Crippen LogP contribution in [0.1, 0.15) is 40.6 Å². The first-order valence-corrected chi connectivity index (χ1v) is 5.23. The molecular weight excluding hydrogens is 210 g/mol. The zero-order valence-corrected chi connectivity index (χ0v) is 8.93. The Morgan fingerprint density at radius 2 is 2.31 bits per heavy atom. The van der Waals surface area contributed by atoms with Crippen molar-refractivity contribution in [1.82, 2.24) is 15.1 Å². The van der Waals surface area contributed by atoms with Gasteiger partial charge < -0.3 is 10.4 Å². The van der Waals surface area contributed by atoms with E-state index in [1.807, 2.05) is 6.92 Å². The third-order valence-corrected chi connectivity index (χ3v) is 2.50. The van der Waals surface area contributed by atoms with Crippen LogP contribution in [0.15, 0.2) is 6.20 Å². The number of amides is 1. The van der Waals surface area contributed by atoms with Gasteiger partial charge in [0.1, 0.15) is 11.3 Å². The van der Waals surface area contributed by atoms with Gasteiger partial charge >= 0.3 is 5.97 Å². The summed E-state index contributed by atoms with van der Waals surface area (Å²) >= 11 is 0. The molecule has 0 unspecified atom stereocenters. The molecule has 6 heteroatoms. The molecule has 2 N–H and O–H groups in total. The molecule has 1 saturated carbocycles. The average molecular weight is 223 g/mol. The smallest absolute Gasteiger partial charge is 0.339 e. The molecule has 2 rings (SSSR count). The van der Waals surface area contributed by atoms with E-state index in [0.717, 1.165) is 12.8 Å². The molecular formula is C10H13N3O3. The minimum absolute atomic E-state index is 0.0417. The number of aromatic nitrogens is 2. The highest BCUT2D eigenvalue weighted by Gasteiger charge is 2.28. The van der Waals surface area contributed by atoms with Gasteiger partial charge in [-0.3, -0.25) is 9.48 Å². The minimum Gasteiger partial charge on any atom is -0.478 e. The number of aromatic carboxylic acids is 1. The number of carbonyl (C=O) groups is 2. The van der Waals surface area contributed by atoms with Gasteiger partial charge in [-0.15, -0.1) is 0 Å². The minimum atomic E-state index is -1.12. The number of aryl methyl sites for hydroxylation is 1. The molecule has 0 radical (unpaired) electrons. The molecule has 0 atom stereocenters. The van der Waals surface area contributed by atoms with Gasteiger partial charge in [-0.2, -0.15) is 5.10 Å². The lowest BCUT2D eigenvalue weighted by atomic mass is 10.2. The van der Waals surface area contributed by atoms with Crippen LogP contribution in [0.5, 0.6) is 0 Å². The summed E-state index contributed by atoms with van der Waals surface area (Å²) < 4.78 is 1.40. The quantitative estimate of drug-likeness (QED) is 0.778. The van der Waals surface area contributed by atoms with Gasteiger partial charge in [0.2, 0.25) is 0 Å². The standard InChI is InChI=1S/C10H13N3O3/c1-2-13-8(7(5-11-13)10(15)16)9(14)12-6-3-4-6/h5-6H,2-4H2,1H3,(H,12,14)(H,15,16). The van der Waals surface area contributed by atoms with E-state index in [-0.39, 0.29) is 23.2 Å². The number of carboxylic acid groups (broad SMARTS) is 1. The van der Waals surface area contributed by atoms with Crippen molar-refractivity contribution in [2.75, 3.05) is 0 Å². The molecule has 16 heavy (non-hydrogen) atoms. The first kappa shape index (κ1) is 10.7. The molecule has 0 spiro atoms. The van der Waals surface area contributed by atoms with Crippen LogP contribution in [0.3, 0.4) is 0 Å². The van der Waals surface area contributed by atoms with Gasteiger partial charge in [0.25, 0.3) is 5.91 Å². The Hall–Kier alpha value is -1.85. The predicted molar refractivity (Wildman–Crippen MR) is 55.3 cm³/mol. The Balaban J connectivity index is 2.30. The predicted octanol–water partition coefficient (Wildman–Crippen LogP) is 0.493. The van der Waals surface area contributed by atoms with Crippen molar-refractivity contribution in [1.29, 1.82) is 0 Å². The van der Waals surface area contributed by atoms with Crippen molar-refractivity contribution in [2.45, 2.75) is 32.4 Å². The average Bonchev–Trinajstić information content (AvgIpc) is 2.94. The van der Waals surface area contributed by atoms with Gasteiger partial charge in [-0.25, -0.2) is 4.79 Å². The molecule has 1 fully saturated rings. The zero-order chi connectivity index (χ0) is 11.7. The lowest BCUT2D eigenvalue weighted by Gasteiger charge is -2.06. The molecule has 0 bridgehead atoms. The molecule has 1 aromatic heterocycles. The number of hydrogen-bond acceptors (Lipinski definition) is 3. The van der Waals surface area contributed by atoms with E-state index in [4.69, 9.17) is 5.11 Å². The van der Waals surface area contributed by atoms with Crippen LogP contribution in [0.25, 0.3) is 0 Å². The van der Waals surface area contributed by atoms with E-state index < -0.39 is 5.97 Å². The first-order valence-electron chi connectivity index (χ1n) is 5.23. The summed E-state index contributed by atoms with van der Waals surface area (Å²) in [5, 5.41) is 15.6. The third kappa shape index (κ3) is 1.91. The Kier molecular flexibility index (Phi) is 2.64. The maximum absolute atomic E-state index is 11.8. The van der Waals surface area contributed by atoms with E-state index in [9.17, 15) is 9.59 Å². The van der Waals surface area contributed by atoms with Gasteiger partial charge in [0, 0.05) is 12.6 Å². The van der Waals surface area contributed by atoms with Crippen LogP contribution in [-0.4, -0.2) is 32.8 Å². The summed E-state index contributed by atoms with van der Waals surface area (Å²) in [7, 11) is 0. The van der Waals surface area contributed by atoms with E-state index in [0.29, 0.717) is 6.54 Å². The second-order valence-corrected chi connectivity index (χ2v) is 3.78. The number of carbonyl (C=O) groups excluding carboxylic acids is 1. The monoisotopic (exact) mass is 223 g/mol. The number of carboxylic acids is 1. The van der Waals surface area contributed by atoms with Crippen molar-refractivity contribution < 1.29 is 14.7 Å². The summed E-state index contributed by atoms with van der Waals surface area (Å²) in [5.74, 6) is -1.47. The topological polar surface area (TPSA) is 84.2 Å². The molecule has 0 saturated heterocycles. The Morgan fingerprint density at radius 1 is 1.62 bits per heavy atom. The normalized spacial score (nSPS) is 14.8. The van der Waals surface area contributed by atoms with E-state index in [1.54, 1.807) is 0 Å². The van der Waals surface area contributed by atoms with E-state index >= 15 is 0 Å². The lowest BCUT2D eigenvalue weighted by Crippen LogP contribution is -2.29. The van der Waals surface area contributed by atoms with Gasteiger partial charge in [-0.1, -0.05) is 0 Å². The molecule has 0 aromatic carbocycles. The summed E-state index contributed by atoms with van der Waals surface area (Å²) in [6.07, 6.45) is 3.15. The van der Waals surface area contributed by atoms with Gasteiger partial charge in [-0.05, 0) is 19.8 Å². The summed E-state index contributed by atoms with van der Waals surface area (Å²) in [6.45, 7) is 2.28. The summed E-state index contributed by atoms with van der Waals surface area (Å²) in [6, 6.07) is 0.203. The van der Waals surface area contributed by atoms with Crippen LogP contribution in [0.2, 0.25) is 0 Å².